The Bertz CT molecular complexity index is 4660. The molecule has 0 amide bonds. The summed E-state index contributed by atoms with van der Waals surface area (Å²) in [6.07, 6.45) is 0. The Morgan fingerprint density at radius 3 is 1.30 bits per heavy atom. The molecule has 14 aromatic rings. The lowest BCUT2D eigenvalue weighted by Gasteiger charge is -2.26. The van der Waals surface area contributed by atoms with E-state index in [9.17, 15) is 0 Å². The largest absolute Gasteiger partial charge is 0.311 e. The number of benzene rings is 12. The maximum absolute atomic E-state index is 3.95. The van der Waals surface area contributed by atoms with E-state index in [0.29, 0.717) is 0 Å². The molecule has 15 rings (SSSR count). The molecular formula is C75H52BrN3. The highest BCUT2D eigenvalue weighted by atomic mass is 79.9. The second kappa shape index (κ2) is 18.6. The Labute approximate surface area is 468 Å². The molecule has 0 saturated carbocycles. The van der Waals surface area contributed by atoms with Crippen LogP contribution in [-0.4, -0.2) is 9.13 Å². The molecule has 0 aliphatic heterocycles. The van der Waals surface area contributed by atoms with Gasteiger partial charge in [-0.1, -0.05) is 188 Å². The Balaban J connectivity index is 0.751. The van der Waals surface area contributed by atoms with E-state index in [1.54, 1.807) is 0 Å². The molecule has 0 saturated heterocycles. The lowest BCUT2D eigenvalue weighted by atomic mass is 9.81. The van der Waals surface area contributed by atoms with Gasteiger partial charge in [0.2, 0.25) is 0 Å². The van der Waals surface area contributed by atoms with E-state index in [0.717, 1.165) is 44.0 Å². The first kappa shape index (κ1) is 46.8. The lowest BCUT2D eigenvalue weighted by molar-refractivity contribution is 0.660. The number of hydrogen-bond donors (Lipinski definition) is 0. The van der Waals surface area contributed by atoms with Crippen LogP contribution in [-0.2, 0) is 5.41 Å². The normalized spacial score (nSPS) is 12.6. The number of hydrogen-bond acceptors (Lipinski definition) is 1. The van der Waals surface area contributed by atoms with Crippen LogP contribution in [0.3, 0.4) is 0 Å². The number of fused-ring (bicyclic) bond motifs is 9. The number of nitrogens with zero attached hydrogens (tertiary/aromatic N) is 3. The summed E-state index contributed by atoms with van der Waals surface area (Å²) in [5, 5.41) is 4.90. The van der Waals surface area contributed by atoms with Crippen molar-refractivity contribution in [1.29, 1.82) is 0 Å². The molecule has 1 aliphatic rings. The number of halogens is 1. The number of rotatable bonds is 9. The van der Waals surface area contributed by atoms with Gasteiger partial charge in [0.25, 0.3) is 0 Å². The first-order valence-corrected chi connectivity index (χ1v) is 28.0. The van der Waals surface area contributed by atoms with Crippen molar-refractivity contribution in [3.05, 3.63) is 295 Å². The van der Waals surface area contributed by atoms with E-state index in [1.807, 2.05) is 0 Å². The van der Waals surface area contributed by atoms with Crippen molar-refractivity contribution in [3.63, 3.8) is 0 Å². The van der Waals surface area contributed by atoms with E-state index in [-0.39, 0.29) is 5.41 Å². The third-order valence-electron chi connectivity index (χ3n) is 16.6. The van der Waals surface area contributed by atoms with Crippen LogP contribution in [0.15, 0.2) is 284 Å². The summed E-state index contributed by atoms with van der Waals surface area (Å²) < 4.78 is 5.86. The van der Waals surface area contributed by atoms with Crippen molar-refractivity contribution in [2.24, 2.45) is 0 Å². The molecule has 1 aliphatic carbocycles. The van der Waals surface area contributed by atoms with Gasteiger partial charge in [-0.05, 0) is 188 Å². The van der Waals surface area contributed by atoms with Crippen molar-refractivity contribution in [3.8, 4) is 67.0 Å². The van der Waals surface area contributed by atoms with Gasteiger partial charge in [-0.3, -0.25) is 0 Å². The predicted octanol–water partition coefficient (Wildman–Crippen LogP) is 21.1. The topological polar surface area (TPSA) is 13.1 Å². The van der Waals surface area contributed by atoms with Crippen LogP contribution in [0.1, 0.15) is 25.0 Å². The van der Waals surface area contributed by atoms with Crippen molar-refractivity contribution >= 4 is 76.6 Å². The highest BCUT2D eigenvalue weighted by Gasteiger charge is 2.35. The average molecular weight is 1080 g/mol. The van der Waals surface area contributed by atoms with Crippen LogP contribution in [0.2, 0.25) is 0 Å². The minimum absolute atomic E-state index is 0.0412. The lowest BCUT2D eigenvalue weighted by Crippen LogP contribution is -2.14. The van der Waals surface area contributed by atoms with Gasteiger partial charge in [0.05, 0.1) is 22.1 Å². The second-order valence-corrected chi connectivity index (χ2v) is 22.4. The fourth-order valence-electron chi connectivity index (χ4n) is 12.7. The van der Waals surface area contributed by atoms with Gasteiger partial charge in [0, 0.05) is 59.9 Å². The zero-order chi connectivity index (χ0) is 52.8. The van der Waals surface area contributed by atoms with Crippen molar-refractivity contribution < 1.29 is 0 Å². The number of anilines is 3. The summed E-state index contributed by atoms with van der Waals surface area (Å²) in [5.41, 5.74) is 25.2. The van der Waals surface area contributed by atoms with Crippen LogP contribution < -0.4 is 4.90 Å². The van der Waals surface area contributed by atoms with Gasteiger partial charge < -0.3 is 14.0 Å². The molecule has 2 aromatic heterocycles. The molecule has 79 heavy (non-hydrogen) atoms. The summed E-state index contributed by atoms with van der Waals surface area (Å²) >= 11 is 3.95. The predicted molar refractivity (Wildman–Crippen MR) is 337 cm³/mol. The molecular weight excluding hydrogens is 1020 g/mol. The first-order chi connectivity index (χ1) is 38.8. The van der Waals surface area contributed by atoms with E-state index >= 15 is 0 Å². The van der Waals surface area contributed by atoms with Gasteiger partial charge in [0.15, 0.2) is 0 Å². The molecule has 0 N–H and O–H groups in total. The first-order valence-electron chi connectivity index (χ1n) is 27.2. The van der Waals surface area contributed by atoms with Crippen molar-refractivity contribution in [2.45, 2.75) is 19.3 Å². The molecule has 2 heterocycles. The van der Waals surface area contributed by atoms with Crippen molar-refractivity contribution in [2.75, 3.05) is 4.90 Å². The number of para-hydroxylation sites is 3. The second-order valence-electron chi connectivity index (χ2n) is 21.5. The molecule has 0 spiro atoms. The SMILES string of the molecule is CC1(C)c2ccccc2-c2ccc(-c3ccc(-n4c5ccccc5c5cc(-c6cc(Br)cc(-c7ccc8c(c7)c7ccccc7n8-c7ccc(N(c8ccccc8)c8ccc(-c9ccccc9)cc8)cc7)c6)ccc54)cc3)cc21. The van der Waals surface area contributed by atoms with Crippen LogP contribution in [0.5, 0.6) is 0 Å². The Kier molecular flexibility index (Phi) is 11.0. The minimum Gasteiger partial charge on any atom is -0.311 e. The fourth-order valence-corrected chi connectivity index (χ4v) is 13.2. The Morgan fingerprint density at radius 2 is 0.696 bits per heavy atom. The van der Waals surface area contributed by atoms with Gasteiger partial charge in [-0.15, -0.1) is 0 Å². The van der Waals surface area contributed by atoms with Gasteiger partial charge in [0.1, 0.15) is 0 Å². The van der Waals surface area contributed by atoms with Crippen molar-refractivity contribution in [1.82, 2.24) is 9.13 Å². The fraction of sp³-hybridized carbons (Fsp3) is 0.0400. The maximum Gasteiger partial charge on any atom is 0.0541 e. The monoisotopic (exact) mass is 1070 g/mol. The zero-order valence-corrected chi connectivity index (χ0v) is 45.4. The molecule has 12 aromatic carbocycles. The van der Waals surface area contributed by atoms with E-state index in [1.165, 1.54) is 99.2 Å². The molecule has 0 atom stereocenters. The quantitative estimate of drug-likeness (QED) is 0.140. The Morgan fingerprint density at radius 1 is 0.291 bits per heavy atom. The average Bonchev–Trinajstić information content (AvgIpc) is 4.33. The third kappa shape index (κ3) is 7.85. The summed E-state index contributed by atoms with van der Waals surface area (Å²) in [6, 6.07) is 102. The summed E-state index contributed by atoms with van der Waals surface area (Å²) in [6.45, 7) is 4.70. The molecule has 374 valence electrons. The third-order valence-corrected chi connectivity index (χ3v) is 17.0. The summed E-state index contributed by atoms with van der Waals surface area (Å²) in [5.74, 6) is 0. The molecule has 0 fully saturated rings. The minimum atomic E-state index is -0.0412. The van der Waals surface area contributed by atoms with Gasteiger partial charge in [-0.25, -0.2) is 0 Å². The Hall–Kier alpha value is -9.48. The number of aromatic nitrogens is 2. The van der Waals surface area contributed by atoms with Crippen LogP contribution in [0, 0.1) is 0 Å². The van der Waals surface area contributed by atoms with Crippen LogP contribution in [0.25, 0.3) is 111 Å². The highest BCUT2D eigenvalue weighted by molar-refractivity contribution is 9.10. The smallest absolute Gasteiger partial charge is 0.0541 e. The molecule has 4 heteroatoms. The summed E-state index contributed by atoms with van der Waals surface area (Å²) in [7, 11) is 0. The standard InChI is InChI=1S/C75H52BrN3/c1-75(2)69-22-12-9-19-63(69)64-40-29-54(48-70(64)75)51-27-34-61(35-28-51)78-71-23-13-10-20-65(71)67-46-52(30-41-73(67)78)55-43-56(45-57(76)44-55)53-31-42-74-68(47-53)66-21-11-14-24-72(66)79(74)62-38-36-60(37-39-62)77(58-17-7-4-8-18-58)59-32-25-50(26-33-59)49-15-5-3-6-16-49/h3-48H,1-2H3. The molecule has 0 bridgehead atoms. The van der Waals surface area contributed by atoms with Crippen LogP contribution >= 0.6 is 15.9 Å². The van der Waals surface area contributed by atoms with Crippen LogP contribution in [0.4, 0.5) is 17.1 Å². The summed E-state index contributed by atoms with van der Waals surface area (Å²) in [4.78, 5) is 2.33. The highest BCUT2D eigenvalue weighted by Crippen LogP contribution is 2.50. The van der Waals surface area contributed by atoms with E-state index in [2.05, 4.69) is 323 Å². The van der Waals surface area contributed by atoms with E-state index in [4.69, 9.17) is 0 Å². The van der Waals surface area contributed by atoms with Gasteiger partial charge >= 0.3 is 0 Å². The molecule has 0 radical (unpaired) electrons. The molecule has 0 unspecified atom stereocenters. The van der Waals surface area contributed by atoms with Gasteiger partial charge in [-0.2, -0.15) is 0 Å². The maximum atomic E-state index is 3.95. The van der Waals surface area contributed by atoms with E-state index < -0.39 is 0 Å². The zero-order valence-electron chi connectivity index (χ0n) is 43.8. The molecule has 3 nitrogen and oxygen atoms in total.